The number of pyridine rings is 1. The van der Waals surface area contributed by atoms with E-state index in [4.69, 9.17) is 9.90 Å². The van der Waals surface area contributed by atoms with Crippen molar-refractivity contribution in [2.45, 2.75) is 33.5 Å². The van der Waals surface area contributed by atoms with Crippen molar-refractivity contribution in [3.63, 3.8) is 0 Å². The quantitative estimate of drug-likeness (QED) is 0.251. The minimum absolute atomic E-state index is 0.326. The minimum atomic E-state index is -2.28. The summed E-state index contributed by atoms with van der Waals surface area (Å²) in [6.07, 6.45) is 1.99. The van der Waals surface area contributed by atoms with Crippen molar-refractivity contribution >= 4 is 43.5 Å². The van der Waals surface area contributed by atoms with Gasteiger partial charge in [0.1, 0.15) is 18.2 Å². The maximum Gasteiger partial charge on any atom is 0.224 e. The summed E-state index contributed by atoms with van der Waals surface area (Å²) < 4.78 is 42.2. The fourth-order valence-electron chi connectivity index (χ4n) is 5.01. The second-order valence-electron chi connectivity index (χ2n) is 9.14. The summed E-state index contributed by atoms with van der Waals surface area (Å²) in [6, 6.07) is 22.1. The molecule has 4 aromatic carbocycles. The summed E-state index contributed by atoms with van der Waals surface area (Å²) in [5, 5.41) is 5.76. The molecule has 0 atom stereocenters. The number of aryl methyl sites for hydroxylation is 2. The third kappa shape index (κ3) is 2.90. The molecule has 0 aliphatic heterocycles. The zero-order chi connectivity index (χ0) is 26.3. The van der Waals surface area contributed by atoms with E-state index in [1.165, 1.54) is 0 Å². The number of rotatable bonds is 2. The Kier molecular flexibility index (Phi) is 3.49. The molecule has 0 aliphatic rings. The molecule has 2 heterocycles. The number of fused-ring (bicyclic) bond motifs is 6. The molecule has 162 valence electrons. The van der Waals surface area contributed by atoms with Gasteiger partial charge in [0.05, 0.1) is 10.9 Å². The fraction of sp³-hybridized carbons (Fsp3) is 0.194. The molecule has 33 heavy (non-hydrogen) atoms. The van der Waals surface area contributed by atoms with Crippen LogP contribution in [0.15, 0.2) is 77.3 Å². The highest BCUT2D eigenvalue weighted by atomic mass is 16.3. The number of nitrogens with zero attached hydrogens (tertiary/aromatic N) is 1. The second-order valence-corrected chi connectivity index (χ2v) is 9.14. The zero-order valence-corrected chi connectivity index (χ0v) is 19.3. The van der Waals surface area contributed by atoms with Crippen molar-refractivity contribution in [2.24, 2.45) is 7.05 Å². The van der Waals surface area contributed by atoms with E-state index in [-0.39, 0.29) is 0 Å². The lowest BCUT2D eigenvalue weighted by atomic mass is 9.92. The molecule has 6 aromatic rings. The molecule has 0 spiro atoms. The Morgan fingerprint density at radius 2 is 1.67 bits per heavy atom. The van der Waals surface area contributed by atoms with Crippen LogP contribution in [0, 0.1) is 13.8 Å². The third-order valence-corrected chi connectivity index (χ3v) is 6.86. The largest absolute Gasteiger partial charge is 0.454 e. The third-order valence-electron chi connectivity index (χ3n) is 6.86. The Balaban J connectivity index is 1.80. The van der Waals surface area contributed by atoms with Gasteiger partial charge < -0.3 is 4.42 Å². The summed E-state index contributed by atoms with van der Waals surface area (Å²) >= 11 is 0. The van der Waals surface area contributed by atoms with E-state index in [1.54, 1.807) is 6.07 Å². The molecule has 0 N–H and O–H groups in total. The van der Waals surface area contributed by atoms with Gasteiger partial charge in [-0.1, -0.05) is 56.3 Å². The predicted molar refractivity (Wildman–Crippen MR) is 139 cm³/mol. The Morgan fingerprint density at radius 1 is 0.848 bits per heavy atom. The standard InChI is InChI=1S/C31H28NO/c1-18(2)22-11-12-24-23(17-22)14-15-32(5)29(24)28-20(4)19(3)16-27-26-13-10-21-8-6-7-9-25(21)30(26)33-31(27)28/h6-18H,1-5H3/q+1/i3D3,18D. The van der Waals surface area contributed by atoms with E-state index in [2.05, 4.69) is 18.2 Å². The molecule has 0 unspecified atom stereocenters. The fourth-order valence-corrected chi connectivity index (χ4v) is 5.01. The van der Waals surface area contributed by atoms with E-state index < -0.39 is 12.7 Å². The minimum Gasteiger partial charge on any atom is -0.454 e. The highest BCUT2D eigenvalue weighted by Gasteiger charge is 2.25. The van der Waals surface area contributed by atoms with Crippen molar-refractivity contribution in [3.8, 4) is 11.3 Å². The van der Waals surface area contributed by atoms with E-state index in [1.807, 2.05) is 81.0 Å². The molecular weight excluding hydrogens is 402 g/mol. The van der Waals surface area contributed by atoms with E-state index in [0.717, 1.165) is 54.7 Å². The number of benzene rings is 4. The zero-order valence-electron chi connectivity index (χ0n) is 23.3. The number of aromatic nitrogens is 1. The Bertz CT molecular complexity index is 1870. The van der Waals surface area contributed by atoms with Crippen LogP contribution in [0.25, 0.3) is 54.7 Å². The van der Waals surface area contributed by atoms with Gasteiger partial charge in [-0.15, -0.1) is 0 Å². The lowest BCUT2D eigenvalue weighted by Gasteiger charge is -2.12. The first-order valence-electron chi connectivity index (χ1n) is 13.3. The predicted octanol–water partition coefficient (Wildman–Crippen LogP) is 8.12. The Labute approximate surface area is 199 Å². The van der Waals surface area contributed by atoms with Gasteiger partial charge in [0, 0.05) is 27.7 Å². The van der Waals surface area contributed by atoms with Crippen LogP contribution in [0.5, 0.6) is 0 Å². The molecule has 0 saturated heterocycles. The average molecular weight is 435 g/mol. The first kappa shape index (κ1) is 16.0. The average Bonchev–Trinajstić information content (AvgIpc) is 3.21. The van der Waals surface area contributed by atoms with Gasteiger partial charge >= 0.3 is 0 Å². The molecule has 2 heteroatoms. The maximum absolute atomic E-state index is 8.49. The van der Waals surface area contributed by atoms with Crippen molar-refractivity contribution < 1.29 is 14.5 Å². The molecule has 0 radical (unpaired) electrons. The molecule has 0 amide bonds. The van der Waals surface area contributed by atoms with Crippen LogP contribution in [0.3, 0.4) is 0 Å². The first-order valence-corrected chi connectivity index (χ1v) is 11.3. The molecule has 0 saturated carbocycles. The van der Waals surface area contributed by atoms with Crippen molar-refractivity contribution in [1.29, 1.82) is 0 Å². The van der Waals surface area contributed by atoms with Gasteiger partial charge in [-0.05, 0) is 65.3 Å². The lowest BCUT2D eigenvalue weighted by Crippen LogP contribution is -2.31. The number of hydrogen-bond donors (Lipinski definition) is 0. The van der Waals surface area contributed by atoms with Crippen molar-refractivity contribution in [3.05, 3.63) is 89.6 Å². The van der Waals surface area contributed by atoms with Crippen LogP contribution in [0.4, 0.5) is 0 Å². The van der Waals surface area contributed by atoms with Crippen LogP contribution in [0.2, 0.25) is 0 Å². The molecule has 0 fully saturated rings. The second kappa shape index (κ2) is 7.18. The molecule has 6 rings (SSSR count). The van der Waals surface area contributed by atoms with Crippen LogP contribution in [-0.4, -0.2) is 0 Å². The van der Waals surface area contributed by atoms with E-state index in [9.17, 15) is 0 Å². The Hall–Kier alpha value is -3.65. The van der Waals surface area contributed by atoms with Crippen LogP contribution >= 0.6 is 0 Å². The number of furan rings is 1. The molecular formula is C31H28NO+. The topological polar surface area (TPSA) is 17.0 Å². The van der Waals surface area contributed by atoms with Crippen molar-refractivity contribution in [1.82, 2.24) is 0 Å². The van der Waals surface area contributed by atoms with Crippen molar-refractivity contribution in [2.75, 3.05) is 0 Å². The Morgan fingerprint density at radius 3 is 2.48 bits per heavy atom. The van der Waals surface area contributed by atoms with E-state index >= 15 is 0 Å². The maximum atomic E-state index is 8.49. The number of hydrogen-bond acceptors (Lipinski definition) is 1. The highest BCUT2D eigenvalue weighted by molar-refractivity contribution is 6.18. The monoisotopic (exact) mass is 434 g/mol. The van der Waals surface area contributed by atoms with Gasteiger partial charge in [-0.25, -0.2) is 4.57 Å². The summed E-state index contributed by atoms with van der Waals surface area (Å²) in [7, 11) is 1.97. The molecule has 2 nitrogen and oxygen atoms in total. The molecule has 2 aromatic heterocycles. The smallest absolute Gasteiger partial charge is 0.224 e. The highest BCUT2D eigenvalue weighted by Crippen LogP contribution is 2.42. The normalized spacial score (nSPS) is 14.5. The molecule has 0 bridgehead atoms. The lowest BCUT2D eigenvalue weighted by molar-refractivity contribution is -0.659. The molecule has 0 aliphatic carbocycles. The summed E-state index contributed by atoms with van der Waals surface area (Å²) in [5.74, 6) is -0.726. The van der Waals surface area contributed by atoms with Gasteiger partial charge in [0.25, 0.3) is 0 Å². The van der Waals surface area contributed by atoms with Gasteiger partial charge in [-0.2, -0.15) is 0 Å². The van der Waals surface area contributed by atoms with Gasteiger partial charge in [0.2, 0.25) is 5.69 Å². The van der Waals surface area contributed by atoms with Gasteiger partial charge in [-0.3, -0.25) is 0 Å². The SMILES string of the molecule is [2H]C([2H])([2H])c1cc2c(oc3c4ccccc4ccc23)c(-c2c3ccc(C([2H])(C)C)cc3cc[n+]2C)c1C. The van der Waals surface area contributed by atoms with Gasteiger partial charge in [0.15, 0.2) is 6.20 Å². The van der Waals surface area contributed by atoms with Crippen LogP contribution in [-0.2, 0) is 7.05 Å². The van der Waals surface area contributed by atoms with Crippen LogP contribution < -0.4 is 4.57 Å². The first-order chi connectivity index (χ1) is 17.4. The summed E-state index contributed by atoms with van der Waals surface area (Å²) in [5.41, 5.74) is 5.06. The summed E-state index contributed by atoms with van der Waals surface area (Å²) in [4.78, 5) is 0. The van der Waals surface area contributed by atoms with Crippen LogP contribution in [0.1, 0.15) is 41.9 Å². The van der Waals surface area contributed by atoms with E-state index in [0.29, 0.717) is 16.7 Å². The summed E-state index contributed by atoms with van der Waals surface area (Å²) in [6.45, 7) is 3.36.